The van der Waals surface area contributed by atoms with E-state index in [1.807, 2.05) is 18.7 Å². The lowest BCUT2D eigenvalue weighted by Gasteiger charge is -2.25. The second-order valence-corrected chi connectivity index (χ2v) is 8.79. The zero-order valence-electron chi connectivity index (χ0n) is 13.3. The molecular weight excluding hydrogens is 290 g/mol. The molecular formula is C14H23N3O3S. The molecule has 0 aromatic carbocycles. The summed E-state index contributed by atoms with van der Waals surface area (Å²) in [4.78, 5) is 10.8. The van der Waals surface area contributed by atoms with Crippen molar-refractivity contribution in [2.24, 2.45) is 0 Å². The smallest absolute Gasteiger partial charge is 0.221 e. The van der Waals surface area contributed by atoms with Crippen LogP contribution in [0.4, 0.5) is 5.82 Å². The van der Waals surface area contributed by atoms with E-state index >= 15 is 0 Å². The molecule has 2 heterocycles. The minimum Gasteiger partial charge on any atom is -0.481 e. The maximum Gasteiger partial charge on any atom is 0.221 e. The van der Waals surface area contributed by atoms with Crippen LogP contribution in [-0.4, -0.2) is 49.1 Å². The maximum absolute atomic E-state index is 12.3. The summed E-state index contributed by atoms with van der Waals surface area (Å²) in [6.07, 6.45) is 0.583. The number of hydrogen-bond acceptors (Lipinski definition) is 6. The van der Waals surface area contributed by atoms with Crippen LogP contribution in [0.15, 0.2) is 0 Å². The molecule has 6 nitrogen and oxygen atoms in total. The molecule has 1 saturated heterocycles. The Balaban J connectivity index is 2.38. The highest BCUT2D eigenvalue weighted by molar-refractivity contribution is 7.92. The first-order valence-electron chi connectivity index (χ1n) is 7.04. The molecule has 0 spiro atoms. The second-order valence-electron chi connectivity index (χ2n) is 6.04. The zero-order valence-corrected chi connectivity index (χ0v) is 14.1. The summed E-state index contributed by atoms with van der Waals surface area (Å²) < 4.78 is 29.2. The number of sulfone groups is 1. The van der Waals surface area contributed by atoms with Gasteiger partial charge in [-0.25, -0.2) is 13.4 Å². The van der Waals surface area contributed by atoms with Crippen molar-refractivity contribution in [1.29, 1.82) is 0 Å². The second kappa shape index (κ2) is 5.44. The first kappa shape index (κ1) is 16.0. The normalized spacial score (nSPS) is 20.9. The monoisotopic (exact) mass is 313 g/mol. The van der Waals surface area contributed by atoms with Gasteiger partial charge in [-0.3, -0.25) is 0 Å². The Morgan fingerprint density at radius 2 is 1.86 bits per heavy atom. The number of nitrogens with zero attached hydrogens (tertiary/aromatic N) is 3. The molecule has 0 aliphatic carbocycles. The van der Waals surface area contributed by atoms with Crippen molar-refractivity contribution >= 4 is 15.7 Å². The van der Waals surface area contributed by atoms with Crippen LogP contribution in [0.5, 0.6) is 5.88 Å². The minimum absolute atomic E-state index is 0.144. The molecule has 1 aliphatic rings. The molecule has 1 aromatic heterocycles. The lowest BCUT2D eigenvalue weighted by molar-refractivity contribution is 0.392. The largest absolute Gasteiger partial charge is 0.481 e. The van der Waals surface area contributed by atoms with Crippen molar-refractivity contribution in [1.82, 2.24) is 9.97 Å². The number of aromatic nitrogens is 2. The van der Waals surface area contributed by atoms with Gasteiger partial charge in [-0.1, -0.05) is 0 Å². The molecule has 0 unspecified atom stereocenters. The van der Waals surface area contributed by atoms with Gasteiger partial charge in [0.15, 0.2) is 9.84 Å². The van der Waals surface area contributed by atoms with E-state index in [-0.39, 0.29) is 5.75 Å². The molecule has 0 amide bonds. The fourth-order valence-electron chi connectivity index (χ4n) is 2.49. The van der Waals surface area contributed by atoms with Crippen LogP contribution in [0, 0.1) is 13.8 Å². The van der Waals surface area contributed by atoms with E-state index < -0.39 is 14.6 Å². The van der Waals surface area contributed by atoms with Crippen LogP contribution in [0.1, 0.15) is 31.7 Å². The van der Waals surface area contributed by atoms with Crippen LogP contribution in [-0.2, 0) is 9.84 Å². The van der Waals surface area contributed by atoms with Gasteiger partial charge in [0.1, 0.15) is 11.6 Å². The summed E-state index contributed by atoms with van der Waals surface area (Å²) in [5.41, 5.74) is 0.847. The topological polar surface area (TPSA) is 72.4 Å². The van der Waals surface area contributed by atoms with Crippen LogP contribution in [0.2, 0.25) is 0 Å². The quantitative estimate of drug-likeness (QED) is 0.824. The molecule has 1 fully saturated rings. The fraction of sp³-hybridized carbons (Fsp3) is 0.714. The Kier molecular flexibility index (Phi) is 4.15. The van der Waals surface area contributed by atoms with E-state index in [4.69, 9.17) is 4.74 Å². The summed E-state index contributed by atoms with van der Waals surface area (Å²) in [6.45, 7) is 8.41. The Bertz CT molecular complexity index is 641. The van der Waals surface area contributed by atoms with E-state index in [1.54, 1.807) is 21.0 Å². The van der Waals surface area contributed by atoms with Crippen LogP contribution < -0.4 is 9.64 Å². The number of methoxy groups -OCH3 is 1. The SMILES string of the molecule is COc1nc(C)nc(N2CCC(C)(C)S(=O)(=O)CC2)c1C. The molecule has 0 radical (unpaired) electrons. The van der Waals surface area contributed by atoms with E-state index in [2.05, 4.69) is 9.97 Å². The lowest BCUT2D eigenvalue weighted by atomic mass is 10.1. The van der Waals surface area contributed by atoms with Crippen molar-refractivity contribution in [3.8, 4) is 5.88 Å². The van der Waals surface area contributed by atoms with Gasteiger partial charge in [0.25, 0.3) is 0 Å². The summed E-state index contributed by atoms with van der Waals surface area (Å²) in [5.74, 6) is 2.08. The minimum atomic E-state index is -3.09. The molecule has 0 bridgehead atoms. The standard InChI is InChI=1S/C14H23N3O3S/c1-10-12(15-11(2)16-13(10)20-5)17-7-6-14(3,4)21(18,19)9-8-17/h6-9H2,1-5H3. The highest BCUT2D eigenvalue weighted by Gasteiger charge is 2.37. The fourth-order valence-corrected chi connectivity index (χ4v) is 3.90. The number of hydrogen-bond donors (Lipinski definition) is 0. The zero-order chi connectivity index (χ0) is 15.8. The molecule has 1 aromatic rings. The van der Waals surface area contributed by atoms with Crippen molar-refractivity contribution in [3.05, 3.63) is 11.4 Å². The van der Waals surface area contributed by atoms with E-state index in [9.17, 15) is 8.42 Å². The highest BCUT2D eigenvalue weighted by Crippen LogP contribution is 2.30. The average molecular weight is 313 g/mol. The molecule has 118 valence electrons. The van der Waals surface area contributed by atoms with Gasteiger partial charge in [-0.15, -0.1) is 0 Å². The van der Waals surface area contributed by atoms with E-state index in [1.165, 1.54) is 0 Å². The predicted molar refractivity (Wildman–Crippen MR) is 82.8 cm³/mol. The van der Waals surface area contributed by atoms with Crippen molar-refractivity contribution in [2.75, 3.05) is 30.9 Å². The number of aryl methyl sites for hydroxylation is 1. The number of anilines is 1. The highest BCUT2D eigenvalue weighted by atomic mass is 32.2. The van der Waals surface area contributed by atoms with Crippen molar-refractivity contribution in [2.45, 2.75) is 38.9 Å². The molecule has 7 heteroatoms. The molecule has 2 rings (SSSR count). The Labute approximate surface area is 126 Å². The number of rotatable bonds is 2. The van der Waals surface area contributed by atoms with Crippen molar-refractivity contribution < 1.29 is 13.2 Å². The molecule has 1 aliphatic heterocycles. The van der Waals surface area contributed by atoms with Crippen molar-refractivity contribution in [3.63, 3.8) is 0 Å². The first-order valence-corrected chi connectivity index (χ1v) is 8.69. The van der Waals surface area contributed by atoms with Crippen LogP contribution >= 0.6 is 0 Å². The maximum atomic E-state index is 12.3. The Morgan fingerprint density at radius 3 is 2.48 bits per heavy atom. The average Bonchev–Trinajstić information content (AvgIpc) is 2.50. The molecule has 0 N–H and O–H groups in total. The van der Waals surface area contributed by atoms with Gasteiger partial charge in [-0.2, -0.15) is 4.98 Å². The van der Waals surface area contributed by atoms with Gasteiger partial charge >= 0.3 is 0 Å². The summed E-state index contributed by atoms with van der Waals surface area (Å²) in [5, 5.41) is 0. The van der Waals surface area contributed by atoms with Gasteiger partial charge in [0.2, 0.25) is 5.88 Å². The third-order valence-corrected chi connectivity index (χ3v) is 6.74. The van der Waals surface area contributed by atoms with Crippen LogP contribution in [0.25, 0.3) is 0 Å². The predicted octanol–water partition coefficient (Wildman–Crippen LogP) is 1.51. The van der Waals surface area contributed by atoms with E-state index in [0.29, 0.717) is 31.2 Å². The summed E-state index contributed by atoms with van der Waals surface area (Å²) in [6, 6.07) is 0. The van der Waals surface area contributed by atoms with Gasteiger partial charge in [-0.05, 0) is 34.1 Å². The van der Waals surface area contributed by atoms with Gasteiger partial charge in [0.05, 0.1) is 23.2 Å². The van der Waals surface area contributed by atoms with Gasteiger partial charge in [0, 0.05) is 13.1 Å². The van der Waals surface area contributed by atoms with E-state index in [0.717, 1.165) is 11.4 Å². The summed E-state index contributed by atoms with van der Waals surface area (Å²) >= 11 is 0. The molecule has 21 heavy (non-hydrogen) atoms. The van der Waals surface area contributed by atoms with Gasteiger partial charge < -0.3 is 9.64 Å². The Hall–Kier alpha value is -1.37. The molecule has 0 atom stereocenters. The van der Waals surface area contributed by atoms with Crippen LogP contribution in [0.3, 0.4) is 0 Å². The third kappa shape index (κ3) is 2.97. The summed E-state index contributed by atoms with van der Waals surface area (Å²) in [7, 11) is -1.52. The number of ether oxygens (including phenoxy) is 1. The first-order chi connectivity index (χ1) is 9.68. The third-order valence-electron chi connectivity index (χ3n) is 4.14. The molecule has 0 saturated carbocycles. The lowest BCUT2D eigenvalue weighted by Crippen LogP contribution is -2.33. The Morgan fingerprint density at radius 1 is 1.19 bits per heavy atom.